The van der Waals surface area contributed by atoms with Gasteiger partial charge in [0.15, 0.2) is 0 Å². The van der Waals surface area contributed by atoms with Crippen LogP contribution in [-0.4, -0.2) is 22.5 Å². The number of ether oxygens (including phenoxy) is 1. The Morgan fingerprint density at radius 1 is 1.38 bits per heavy atom. The van der Waals surface area contributed by atoms with Crippen molar-refractivity contribution in [1.82, 2.24) is 0 Å². The molecular formula is C18H19ClN2O2S. The molecule has 0 radical (unpaired) electrons. The van der Waals surface area contributed by atoms with Crippen molar-refractivity contribution in [2.24, 2.45) is 5.73 Å². The van der Waals surface area contributed by atoms with Crippen molar-refractivity contribution in [3.63, 3.8) is 0 Å². The van der Waals surface area contributed by atoms with Gasteiger partial charge in [0, 0.05) is 23.6 Å². The smallest absolute Gasteiger partial charge is 0.0890 e. The molecule has 0 unspecified atom stereocenters. The van der Waals surface area contributed by atoms with Gasteiger partial charge in [-0.2, -0.15) is 0 Å². The maximum atomic E-state index is 8.82. The predicted molar refractivity (Wildman–Crippen MR) is 102 cm³/mol. The van der Waals surface area contributed by atoms with E-state index in [-0.39, 0.29) is 6.61 Å². The fourth-order valence-corrected chi connectivity index (χ4v) is 3.96. The van der Waals surface area contributed by atoms with Crippen molar-refractivity contribution < 1.29 is 9.84 Å². The second-order valence-electron chi connectivity index (χ2n) is 5.61. The van der Waals surface area contributed by atoms with E-state index >= 15 is 0 Å². The number of rotatable bonds is 5. The van der Waals surface area contributed by atoms with Crippen LogP contribution in [0.5, 0.6) is 0 Å². The monoisotopic (exact) mass is 362 g/mol. The van der Waals surface area contributed by atoms with Crippen molar-refractivity contribution in [2.45, 2.75) is 19.6 Å². The molecule has 3 rings (SSSR count). The molecule has 4 nitrogen and oxygen atoms in total. The zero-order valence-electron chi connectivity index (χ0n) is 13.1. The molecule has 0 aromatic heterocycles. The van der Waals surface area contributed by atoms with E-state index in [2.05, 4.69) is 6.07 Å². The number of hydrogen-bond acceptors (Lipinski definition) is 5. The zero-order chi connectivity index (χ0) is 17.1. The number of nitrogens with two attached hydrogens (primary N) is 1. The summed E-state index contributed by atoms with van der Waals surface area (Å²) in [7, 11) is 0. The van der Waals surface area contributed by atoms with Gasteiger partial charge in [-0.3, -0.25) is 5.41 Å². The maximum absolute atomic E-state index is 8.82. The number of aliphatic hydroxyl groups excluding tert-OH is 1. The van der Waals surface area contributed by atoms with Gasteiger partial charge >= 0.3 is 0 Å². The largest absolute Gasteiger partial charge is 0.398 e. The SMILES string of the molecule is N=C(/C=C(\N)c1c(Cl)cc2c3c(cccc13)COC2)SCCCO. The molecule has 1 heterocycles. The first-order valence-electron chi connectivity index (χ1n) is 7.72. The molecule has 0 amide bonds. The van der Waals surface area contributed by atoms with Crippen molar-refractivity contribution in [3.05, 3.63) is 52.1 Å². The van der Waals surface area contributed by atoms with E-state index in [9.17, 15) is 0 Å². The molecule has 1 aliphatic heterocycles. The lowest BCUT2D eigenvalue weighted by molar-refractivity contribution is 0.103. The Morgan fingerprint density at radius 3 is 2.96 bits per heavy atom. The van der Waals surface area contributed by atoms with Gasteiger partial charge in [-0.25, -0.2) is 0 Å². The van der Waals surface area contributed by atoms with Crippen LogP contribution in [-0.2, 0) is 18.0 Å². The number of benzene rings is 2. The molecule has 0 spiro atoms. The summed E-state index contributed by atoms with van der Waals surface area (Å²) in [5, 5.41) is 19.9. The van der Waals surface area contributed by atoms with Crippen LogP contribution in [0.1, 0.15) is 23.1 Å². The van der Waals surface area contributed by atoms with Crippen molar-refractivity contribution in [1.29, 1.82) is 5.41 Å². The molecule has 0 bridgehead atoms. The van der Waals surface area contributed by atoms with E-state index < -0.39 is 0 Å². The third kappa shape index (κ3) is 3.44. The minimum Gasteiger partial charge on any atom is -0.398 e. The molecule has 4 N–H and O–H groups in total. The Kier molecular flexibility index (Phi) is 5.46. The highest BCUT2D eigenvalue weighted by molar-refractivity contribution is 8.14. The summed E-state index contributed by atoms with van der Waals surface area (Å²) in [5.74, 6) is 0.689. The molecular weight excluding hydrogens is 344 g/mol. The van der Waals surface area contributed by atoms with E-state index in [1.807, 2.05) is 18.2 Å². The van der Waals surface area contributed by atoms with Gasteiger partial charge in [0.25, 0.3) is 0 Å². The van der Waals surface area contributed by atoms with E-state index in [4.69, 9.17) is 32.6 Å². The Hall–Kier alpha value is -1.53. The number of aliphatic hydroxyl groups is 1. The van der Waals surface area contributed by atoms with E-state index in [1.165, 1.54) is 11.8 Å². The van der Waals surface area contributed by atoms with Crippen LogP contribution in [0, 0.1) is 5.41 Å². The summed E-state index contributed by atoms with van der Waals surface area (Å²) >= 11 is 7.84. The average Bonchev–Trinajstić information content (AvgIpc) is 2.55. The van der Waals surface area contributed by atoms with E-state index in [0.717, 1.165) is 27.5 Å². The second-order valence-corrected chi connectivity index (χ2v) is 7.16. The standard InChI is InChI=1S/C18H19ClN2O2S/c19-14-7-12-10-23-9-11-3-1-4-13(17(11)12)18(14)15(20)8-16(21)24-6-2-5-22/h1,3-4,7-8,21-22H,2,5-6,9-10,20H2/b15-8-,21-16?. The minimum absolute atomic E-state index is 0.127. The predicted octanol–water partition coefficient (Wildman–Crippen LogP) is 3.92. The lowest BCUT2D eigenvalue weighted by Crippen LogP contribution is -2.08. The maximum Gasteiger partial charge on any atom is 0.0890 e. The van der Waals surface area contributed by atoms with E-state index in [1.54, 1.807) is 6.08 Å². The van der Waals surface area contributed by atoms with E-state index in [0.29, 0.717) is 41.2 Å². The zero-order valence-corrected chi connectivity index (χ0v) is 14.7. The Bertz CT molecular complexity index is 820. The third-order valence-corrected chi connectivity index (χ3v) is 5.15. The first-order chi connectivity index (χ1) is 11.6. The van der Waals surface area contributed by atoms with Crippen LogP contribution < -0.4 is 5.73 Å². The third-order valence-electron chi connectivity index (χ3n) is 3.93. The molecule has 126 valence electrons. The van der Waals surface area contributed by atoms with Crippen LogP contribution in [0.2, 0.25) is 5.02 Å². The number of halogens is 1. The molecule has 1 aliphatic rings. The van der Waals surface area contributed by atoms with Gasteiger partial charge < -0.3 is 15.6 Å². The molecule has 24 heavy (non-hydrogen) atoms. The van der Waals surface area contributed by atoms with Crippen LogP contribution >= 0.6 is 23.4 Å². The fraction of sp³-hybridized carbons (Fsp3) is 0.278. The van der Waals surface area contributed by atoms with Crippen LogP contribution in [0.4, 0.5) is 0 Å². The molecule has 0 aliphatic carbocycles. The molecule has 6 heteroatoms. The topological polar surface area (TPSA) is 79.3 Å². The van der Waals surface area contributed by atoms with Crippen LogP contribution in [0.3, 0.4) is 0 Å². The summed E-state index contributed by atoms with van der Waals surface area (Å²) in [5.41, 5.74) is 9.72. The number of nitrogens with one attached hydrogen (secondary N) is 1. The molecule has 0 saturated heterocycles. The summed E-state index contributed by atoms with van der Waals surface area (Å²) in [6, 6.07) is 7.95. The molecule has 0 atom stereocenters. The molecule has 2 aromatic carbocycles. The normalized spacial score (nSPS) is 14.2. The molecule has 0 fully saturated rings. The minimum atomic E-state index is 0.127. The van der Waals surface area contributed by atoms with Gasteiger partial charge in [0.1, 0.15) is 0 Å². The highest BCUT2D eigenvalue weighted by Gasteiger charge is 2.18. The highest BCUT2D eigenvalue weighted by atomic mass is 35.5. The summed E-state index contributed by atoms with van der Waals surface area (Å²) in [4.78, 5) is 0. The van der Waals surface area contributed by atoms with Crippen LogP contribution in [0.25, 0.3) is 16.5 Å². The van der Waals surface area contributed by atoms with Gasteiger partial charge in [-0.1, -0.05) is 29.8 Å². The second kappa shape index (κ2) is 7.57. The number of thioether (sulfide) groups is 1. The van der Waals surface area contributed by atoms with Gasteiger partial charge in [0.05, 0.1) is 23.3 Å². The van der Waals surface area contributed by atoms with Gasteiger partial charge in [0.2, 0.25) is 0 Å². The summed E-state index contributed by atoms with van der Waals surface area (Å²) in [6.45, 7) is 1.26. The lowest BCUT2D eigenvalue weighted by atomic mass is 9.93. The quantitative estimate of drug-likeness (QED) is 0.428. The van der Waals surface area contributed by atoms with Crippen LogP contribution in [0.15, 0.2) is 30.3 Å². The Morgan fingerprint density at radius 2 is 2.17 bits per heavy atom. The Labute approximate surface area is 150 Å². The number of hydrogen-bond donors (Lipinski definition) is 3. The first-order valence-corrected chi connectivity index (χ1v) is 9.08. The molecule has 0 saturated carbocycles. The van der Waals surface area contributed by atoms with Gasteiger partial charge in [-0.15, -0.1) is 11.8 Å². The van der Waals surface area contributed by atoms with Crippen molar-refractivity contribution >= 4 is 44.9 Å². The van der Waals surface area contributed by atoms with Gasteiger partial charge in [-0.05, 0) is 40.5 Å². The average molecular weight is 363 g/mol. The lowest BCUT2D eigenvalue weighted by Gasteiger charge is -2.21. The Balaban J connectivity index is 2.02. The van der Waals surface area contributed by atoms with Crippen molar-refractivity contribution in [3.8, 4) is 0 Å². The highest BCUT2D eigenvalue weighted by Crippen LogP contribution is 2.37. The summed E-state index contributed by atoms with van der Waals surface area (Å²) in [6.07, 6.45) is 2.29. The molecule has 2 aromatic rings. The van der Waals surface area contributed by atoms with Crippen molar-refractivity contribution in [2.75, 3.05) is 12.4 Å². The fourth-order valence-electron chi connectivity index (χ4n) is 2.91. The first kappa shape index (κ1) is 17.3. The summed E-state index contributed by atoms with van der Waals surface area (Å²) < 4.78 is 5.60.